The quantitative estimate of drug-likeness (QED) is 0.391. The lowest BCUT2D eigenvalue weighted by molar-refractivity contribution is -0.126. The molecule has 0 aromatic heterocycles. The lowest BCUT2D eigenvalue weighted by atomic mass is 9.78. The number of aliphatic imine (C=N–C) groups is 1. The fourth-order valence-corrected chi connectivity index (χ4v) is 4.76. The summed E-state index contributed by atoms with van der Waals surface area (Å²) in [5.74, 6) is 1.05. The van der Waals surface area contributed by atoms with Crippen molar-refractivity contribution in [2.75, 3.05) is 24.7 Å². The third kappa shape index (κ3) is 4.21. The number of aliphatic hydroxyl groups is 1. The van der Waals surface area contributed by atoms with Gasteiger partial charge in [-0.25, -0.2) is 4.99 Å². The normalized spacial score (nSPS) is 20.8. The molecule has 2 atom stereocenters. The molecule has 0 saturated heterocycles. The number of para-hydroxylation sites is 1. The molecule has 2 heterocycles. The molecule has 178 valence electrons. The van der Waals surface area contributed by atoms with Gasteiger partial charge < -0.3 is 19.5 Å². The molecule has 1 amide bonds. The molecule has 0 aliphatic carbocycles. The molecule has 1 spiro atoms. The van der Waals surface area contributed by atoms with Crippen LogP contribution in [0.3, 0.4) is 0 Å². The monoisotopic (exact) mass is 468 g/mol. The van der Waals surface area contributed by atoms with Gasteiger partial charge in [0.05, 0.1) is 6.61 Å². The second-order valence-electron chi connectivity index (χ2n) is 8.71. The molecule has 0 fully saturated rings. The van der Waals surface area contributed by atoms with Crippen LogP contribution < -0.4 is 9.64 Å². The lowest BCUT2D eigenvalue weighted by Crippen LogP contribution is -2.55. The van der Waals surface area contributed by atoms with Crippen molar-refractivity contribution in [3.63, 3.8) is 0 Å². The summed E-state index contributed by atoms with van der Waals surface area (Å²) >= 11 is 0. The van der Waals surface area contributed by atoms with Gasteiger partial charge >= 0.3 is 0 Å². The van der Waals surface area contributed by atoms with Crippen molar-refractivity contribution in [1.82, 2.24) is 0 Å². The summed E-state index contributed by atoms with van der Waals surface area (Å²) in [5, 5.41) is 8.96. The number of nitrogens with zero attached hydrogens (tertiary/aromatic N) is 2. The van der Waals surface area contributed by atoms with Crippen LogP contribution in [0.15, 0.2) is 96.5 Å². The maximum Gasteiger partial charge on any atom is 0.259 e. The molecule has 1 N–H and O–H groups in total. The summed E-state index contributed by atoms with van der Waals surface area (Å²) in [7, 11) is 0. The Bertz CT molecular complexity index is 1240. The molecule has 3 aromatic rings. The van der Waals surface area contributed by atoms with E-state index in [1.165, 1.54) is 0 Å². The Morgan fingerprint density at radius 2 is 1.83 bits per heavy atom. The number of carbonyl (C=O) groups excluding carboxylic acids is 1. The van der Waals surface area contributed by atoms with Crippen LogP contribution in [-0.2, 0) is 16.0 Å². The lowest BCUT2D eigenvalue weighted by Gasteiger charge is -2.40. The maximum atomic E-state index is 14.1. The minimum atomic E-state index is -1.12. The maximum absolute atomic E-state index is 14.1. The van der Waals surface area contributed by atoms with Crippen molar-refractivity contribution in [1.29, 1.82) is 0 Å². The summed E-state index contributed by atoms with van der Waals surface area (Å²) in [6.07, 6.45) is 2.19. The minimum Gasteiger partial charge on any atom is -0.494 e. The molecule has 5 rings (SSSR count). The van der Waals surface area contributed by atoms with Gasteiger partial charge in [0.2, 0.25) is 5.90 Å². The summed E-state index contributed by atoms with van der Waals surface area (Å²) in [6, 6.07) is 25.2. The molecule has 0 bridgehead atoms. The Labute approximate surface area is 205 Å². The summed E-state index contributed by atoms with van der Waals surface area (Å²) < 4.78 is 12.1. The number of rotatable bonds is 8. The van der Waals surface area contributed by atoms with Crippen LogP contribution in [-0.4, -0.2) is 42.2 Å². The molecule has 0 saturated carbocycles. The Balaban J connectivity index is 1.56. The van der Waals surface area contributed by atoms with E-state index in [2.05, 4.69) is 6.58 Å². The molecule has 6 nitrogen and oxygen atoms in total. The predicted molar refractivity (Wildman–Crippen MR) is 136 cm³/mol. The summed E-state index contributed by atoms with van der Waals surface area (Å²) in [4.78, 5) is 20.9. The topological polar surface area (TPSA) is 71.4 Å². The fourth-order valence-electron chi connectivity index (χ4n) is 4.76. The van der Waals surface area contributed by atoms with Gasteiger partial charge in [0.15, 0.2) is 11.6 Å². The average molecular weight is 469 g/mol. The number of carbonyl (C=O) groups is 1. The van der Waals surface area contributed by atoms with Crippen LogP contribution in [0, 0.1) is 0 Å². The van der Waals surface area contributed by atoms with Gasteiger partial charge in [-0.1, -0.05) is 54.6 Å². The van der Waals surface area contributed by atoms with Crippen molar-refractivity contribution >= 4 is 17.5 Å². The number of hydrogen-bond donors (Lipinski definition) is 1. The predicted octanol–water partition coefficient (Wildman–Crippen LogP) is 4.48. The smallest absolute Gasteiger partial charge is 0.259 e. The molecule has 35 heavy (non-hydrogen) atoms. The van der Waals surface area contributed by atoms with Gasteiger partial charge in [-0.05, 0) is 41.5 Å². The molecule has 3 aromatic carbocycles. The van der Waals surface area contributed by atoms with E-state index in [-0.39, 0.29) is 12.5 Å². The molecule has 0 unspecified atom stereocenters. The van der Waals surface area contributed by atoms with Crippen LogP contribution in [0.5, 0.6) is 5.75 Å². The number of amides is 1. The first-order chi connectivity index (χ1) is 17.2. The summed E-state index contributed by atoms with van der Waals surface area (Å²) in [6.45, 7) is 4.79. The molecule has 0 radical (unpaired) electrons. The highest BCUT2D eigenvalue weighted by Crippen LogP contribution is 2.47. The van der Waals surface area contributed by atoms with Crippen LogP contribution >= 0.6 is 0 Å². The van der Waals surface area contributed by atoms with E-state index in [0.29, 0.717) is 37.6 Å². The van der Waals surface area contributed by atoms with Crippen molar-refractivity contribution in [2.45, 2.75) is 24.5 Å². The summed E-state index contributed by atoms with van der Waals surface area (Å²) in [5.41, 5.74) is 2.50. The first-order valence-corrected chi connectivity index (χ1v) is 11.8. The number of ether oxygens (including phenoxy) is 2. The average Bonchev–Trinajstić information content (AvgIpc) is 3.28. The van der Waals surface area contributed by atoms with Crippen molar-refractivity contribution < 1.29 is 19.4 Å². The van der Waals surface area contributed by atoms with E-state index in [9.17, 15) is 4.79 Å². The van der Waals surface area contributed by atoms with Crippen LogP contribution in [0.25, 0.3) is 0 Å². The van der Waals surface area contributed by atoms with Gasteiger partial charge in [-0.2, -0.15) is 0 Å². The fraction of sp³-hybridized carbons (Fsp3) is 0.241. The highest BCUT2D eigenvalue weighted by molar-refractivity contribution is 6.08. The molecule has 2 aliphatic rings. The first-order valence-electron chi connectivity index (χ1n) is 11.8. The third-order valence-electron chi connectivity index (χ3n) is 6.41. The van der Waals surface area contributed by atoms with Crippen LogP contribution in [0.1, 0.15) is 29.2 Å². The molecule has 6 heteroatoms. The van der Waals surface area contributed by atoms with Gasteiger partial charge in [-0.15, -0.1) is 6.58 Å². The molecule has 2 aliphatic heterocycles. The van der Waals surface area contributed by atoms with E-state index in [1.807, 2.05) is 78.9 Å². The highest BCUT2D eigenvalue weighted by Gasteiger charge is 2.57. The zero-order valence-corrected chi connectivity index (χ0v) is 19.5. The van der Waals surface area contributed by atoms with E-state index >= 15 is 0 Å². The molecular weight excluding hydrogens is 440 g/mol. The Morgan fingerprint density at radius 3 is 2.57 bits per heavy atom. The second-order valence-corrected chi connectivity index (χ2v) is 8.71. The van der Waals surface area contributed by atoms with Gasteiger partial charge in [0, 0.05) is 37.2 Å². The van der Waals surface area contributed by atoms with E-state index in [0.717, 1.165) is 22.4 Å². The zero-order valence-electron chi connectivity index (χ0n) is 19.5. The van der Waals surface area contributed by atoms with Gasteiger partial charge in [0.25, 0.3) is 5.91 Å². The van der Waals surface area contributed by atoms with Crippen molar-refractivity contribution in [3.05, 3.63) is 108 Å². The van der Waals surface area contributed by atoms with Crippen LogP contribution in [0.2, 0.25) is 0 Å². The number of fused-ring (bicyclic) bond motifs is 1. The van der Waals surface area contributed by atoms with Crippen molar-refractivity contribution in [2.24, 2.45) is 4.99 Å². The Kier molecular flexibility index (Phi) is 6.38. The number of hydrogen-bond acceptors (Lipinski definition) is 5. The Morgan fingerprint density at radius 1 is 1.09 bits per heavy atom. The van der Waals surface area contributed by atoms with Gasteiger partial charge in [0.1, 0.15) is 5.75 Å². The largest absolute Gasteiger partial charge is 0.494 e. The first kappa shape index (κ1) is 22.9. The Hall–Kier alpha value is -3.90. The SMILES string of the molecule is C=CCN1C(=O)[C@@]2(Cc3ccccc31)N=C(c1ccc(OCCCO)cc1)O[C@H]2c1ccccc1. The minimum absolute atomic E-state index is 0.0890. The highest BCUT2D eigenvalue weighted by atomic mass is 16.5. The molecular formula is C29H28N2O4. The zero-order chi connectivity index (χ0) is 24.3. The van der Waals surface area contributed by atoms with E-state index < -0.39 is 11.6 Å². The third-order valence-corrected chi connectivity index (χ3v) is 6.41. The number of anilines is 1. The van der Waals surface area contributed by atoms with Gasteiger partial charge in [-0.3, -0.25) is 4.79 Å². The van der Waals surface area contributed by atoms with E-state index in [4.69, 9.17) is 19.6 Å². The second kappa shape index (κ2) is 9.76. The standard InChI is InChI=1S/C29H28N2O4/c1-2-17-31-25-12-7-6-11-23(25)20-29(28(31)33)26(21-9-4-3-5-10-21)35-27(30-29)22-13-15-24(16-14-22)34-19-8-18-32/h2-7,9-16,26,32H,1,8,17-20H2/t26-,29-/m0/s1. The van der Waals surface area contributed by atoms with Crippen LogP contribution in [0.4, 0.5) is 5.69 Å². The number of aliphatic hydroxyl groups excluding tert-OH is 1. The van der Waals surface area contributed by atoms with Crippen molar-refractivity contribution in [3.8, 4) is 5.75 Å². The number of benzene rings is 3. The van der Waals surface area contributed by atoms with E-state index in [1.54, 1.807) is 11.0 Å².